The molecule has 0 heterocycles. The monoisotopic (exact) mass is 517 g/mol. The quantitative estimate of drug-likeness (QED) is 0.0539. The fourth-order valence-corrected chi connectivity index (χ4v) is 3.04. The largest absolute Gasteiger partial charge is 0.481 e. The predicted octanol–water partition coefficient (Wildman–Crippen LogP) is -2.80. The molecule has 206 valence electrons. The summed E-state index contributed by atoms with van der Waals surface area (Å²) in [5.41, 5.74) is 16.1. The minimum absolute atomic E-state index is 0.0158. The molecule has 0 rings (SSSR count). The number of carbonyl (C=O) groups excluding carboxylic acids is 3. The highest BCUT2D eigenvalue weighted by Gasteiger charge is 2.34. The summed E-state index contributed by atoms with van der Waals surface area (Å²) in [7, 11) is 0. The van der Waals surface area contributed by atoms with Gasteiger partial charge in [-0.2, -0.15) is 0 Å². The first-order chi connectivity index (χ1) is 16.7. The molecule has 0 radical (unpaired) electrons. The van der Waals surface area contributed by atoms with E-state index in [1.165, 1.54) is 6.92 Å². The highest BCUT2D eigenvalue weighted by molar-refractivity contribution is 5.94. The molecule has 0 aromatic heterocycles. The fraction of sp³-hybridized carbons (Fsp3) is 0.714. The number of aliphatic carboxylic acids is 2. The molecule has 12 N–H and O–H groups in total. The average Bonchev–Trinajstić information content (AvgIpc) is 2.79. The molecule has 0 aliphatic rings. The van der Waals surface area contributed by atoms with E-state index in [0.29, 0.717) is 6.42 Å². The molecule has 36 heavy (non-hydrogen) atoms. The van der Waals surface area contributed by atoms with Crippen LogP contribution in [0.15, 0.2) is 4.99 Å². The van der Waals surface area contributed by atoms with Gasteiger partial charge in [-0.3, -0.25) is 24.2 Å². The molecule has 0 aliphatic heterocycles. The molecule has 0 saturated heterocycles. The first-order valence-corrected chi connectivity index (χ1v) is 11.6. The average molecular weight is 518 g/mol. The van der Waals surface area contributed by atoms with E-state index in [9.17, 15) is 34.2 Å². The van der Waals surface area contributed by atoms with Gasteiger partial charge in [-0.15, -0.1) is 0 Å². The van der Waals surface area contributed by atoms with Crippen LogP contribution in [0.5, 0.6) is 0 Å². The van der Waals surface area contributed by atoms with Crippen LogP contribution < -0.4 is 33.2 Å². The van der Waals surface area contributed by atoms with Crippen LogP contribution in [0.2, 0.25) is 0 Å². The number of nitrogens with zero attached hydrogens (tertiary/aromatic N) is 1. The molecule has 3 amide bonds. The van der Waals surface area contributed by atoms with Crippen molar-refractivity contribution in [3.63, 3.8) is 0 Å². The molecule has 0 aromatic carbocycles. The summed E-state index contributed by atoms with van der Waals surface area (Å²) in [5, 5.41) is 35.4. The Morgan fingerprint density at radius 3 is 1.92 bits per heavy atom. The number of carbonyl (C=O) groups is 5. The Morgan fingerprint density at radius 2 is 1.44 bits per heavy atom. The lowest BCUT2D eigenvalue weighted by Crippen LogP contribution is -2.61. The van der Waals surface area contributed by atoms with Gasteiger partial charge >= 0.3 is 11.9 Å². The van der Waals surface area contributed by atoms with Crippen molar-refractivity contribution < 1.29 is 39.3 Å². The van der Waals surface area contributed by atoms with Crippen LogP contribution in [-0.4, -0.2) is 87.8 Å². The fourth-order valence-electron chi connectivity index (χ4n) is 3.04. The van der Waals surface area contributed by atoms with Crippen molar-refractivity contribution >= 4 is 35.6 Å². The summed E-state index contributed by atoms with van der Waals surface area (Å²) >= 11 is 0. The summed E-state index contributed by atoms with van der Waals surface area (Å²) in [6, 6.07) is -5.18. The zero-order chi connectivity index (χ0) is 28.0. The third kappa shape index (κ3) is 12.3. The number of aliphatic imine (C=N–C) groups is 1. The van der Waals surface area contributed by atoms with Crippen LogP contribution in [0.25, 0.3) is 0 Å². The van der Waals surface area contributed by atoms with Crippen molar-refractivity contribution in [2.24, 2.45) is 28.1 Å². The molecule has 0 bridgehead atoms. The third-order valence-corrected chi connectivity index (χ3v) is 5.42. The maximum atomic E-state index is 13.0. The summed E-state index contributed by atoms with van der Waals surface area (Å²) in [4.78, 5) is 64.1. The molecule has 0 aliphatic carbocycles. The van der Waals surface area contributed by atoms with Gasteiger partial charge in [-0.05, 0) is 32.1 Å². The number of carboxylic acid groups (broad SMARTS) is 2. The summed E-state index contributed by atoms with van der Waals surface area (Å²) in [5.74, 6) is -5.53. The van der Waals surface area contributed by atoms with Crippen molar-refractivity contribution in [1.82, 2.24) is 16.0 Å². The minimum atomic E-state index is -1.53. The highest BCUT2D eigenvalue weighted by Crippen LogP contribution is 2.10. The Hall–Kier alpha value is -3.46. The summed E-state index contributed by atoms with van der Waals surface area (Å²) < 4.78 is 0. The van der Waals surface area contributed by atoms with E-state index in [-0.39, 0.29) is 38.2 Å². The Labute approximate surface area is 209 Å². The Balaban J connectivity index is 5.40. The lowest BCUT2D eigenvalue weighted by molar-refractivity contribution is -0.143. The molecule has 6 atom stereocenters. The maximum absolute atomic E-state index is 13.0. The molecule has 0 saturated carbocycles. The van der Waals surface area contributed by atoms with E-state index in [1.54, 1.807) is 13.8 Å². The third-order valence-electron chi connectivity index (χ3n) is 5.42. The highest BCUT2D eigenvalue weighted by atomic mass is 16.4. The van der Waals surface area contributed by atoms with Crippen LogP contribution >= 0.6 is 0 Å². The standard InChI is InChI=1S/C21H39N7O8/c1-4-10(2)15(27-17(32)12(22)7-8-14(30)31)18(33)28-16(11(3)29)19(34)26-13(20(35)36)6-5-9-25-21(23)24/h10-13,15-16,29H,4-9,22H2,1-3H3,(H,26,34)(H,27,32)(H,28,33)(H,30,31)(H,35,36)(H4,23,24,25). The number of rotatable bonds is 17. The predicted molar refractivity (Wildman–Crippen MR) is 129 cm³/mol. The SMILES string of the molecule is CCC(C)C(NC(=O)C(N)CCC(=O)O)C(=O)NC(C(=O)NC(CCCN=C(N)N)C(=O)O)C(C)O. The van der Waals surface area contributed by atoms with E-state index in [0.717, 1.165) is 0 Å². The van der Waals surface area contributed by atoms with E-state index in [4.69, 9.17) is 22.3 Å². The Morgan fingerprint density at radius 1 is 0.889 bits per heavy atom. The number of guanidine groups is 1. The van der Waals surface area contributed by atoms with Gasteiger partial charge in [0, 0.05) is 13.0 Å². The van der Waals surface area contributed by atoms with Gasteiger partial charge < -0.3 is 48.5 Å². The Kier molecular flexibility index (Phi) is 14.7. The van der Waals surface area contributed by atoms with Gasteiger partial charge in [0.05, 0.1) is 12.1 Å². The van der Waals surface area contributed by atoms with Gasteiger partial charge in [0.25, 0.3) is 0 Å². The van der Waals surface area contributed by atoms with Crippen LogP contribution in [0.4, 0.5) is 0 Å². The normalized spacial score (nSPS) is 15.8. The summed E-state index contributed by atoms with van der Waals surface area (Å²) in [6.45, 7) is 4.81. The van der Waals surface area contributed by atoms with Crippen molar-refractivity contribution in [2.75, 3.05) is 6.54 Å². The van der Waals surface area contributed by atoms with Crippen molar-refractivity contribution in [3.8, 4) is 0 Å². The zero-order valence-electron chi connectivity index (χ0n) is 20.8. The second-order valence-corrected chi connectivity index (χ2v) is 8.49. The number of amides is 3. The van der Waals surface area contributed by atoms with Crippen molar-refractivity contribution in [1.29, 1.82) is 0 Å². The number of hydrogen-bond acceptors (Lipinski definition) is 8. The number of hydrogen-bond donors (Lipinski definition) is 9. The zero-order valence-corrected chi connectivity index (χ0v) is 20.8. The van der Waals surface area contributed by atoms with Crippen LogP contribution in [0.1, 0.15) is 52.9 Å². The minimum Gasteiger partial charge on any atom is -0.481 e. The molecule has 0 fully saturated rings. The molecule has 15 heteroatoms. The van der Waals surface area contributed by atoms with Crippen LogP contribution in [0.3, 0.4) is 0 Å². The number of carboxylic acids is 2. The van der Waals surface area contributed by atoms with E-state index >= 15 is 0 Å². The van der Waals surface area contributed by atoms with Crippen molar-refractivity contribution in [3.05, 3.63) is 0 Å². The van der Waals surface area contributed by atoms with Crippen LogP contribution in [0, 0.1) is 5.92 Å². The number of aliphatic hydroxyl groups excluding tert-OH is 1. The van der Waals surface area contributed by atoms with Gasteiger partial charge in [-0.1, -0.05) is 20.3 Å². The first kappa shape index (κ1) is 32.5. The molecular formula is C21H39N7O8. The lowest BCUT2D eigenvalue weighted by atomic mass is 9.96. The second kappa shape index (κ2) is 16.3. The summed E-state index contributed by atoms with van der Waals surface area (Å²) in [6.07, 6.45) is -1.21. The molecule has 15 nitrogen and oxygen atoms in total. The topological polar surface area (TPSA) is 273 Å². The van der Waals surface area contributed by atoms with E-state index in [2.05, 4.69) is 20.9 Å². The smallest absolute Gasteiger partial charge is 0.326 e. The first-order valence-electron chi connectivity index (χ1n) is 11.6. The van der Waals surface area contributed by atoms with E-state index in [1.807, 2.05) is 0 Å². The molecule has 6 unspecified atom stereocenters. The van der Waals surface area contributed by atoms with Gasteiger partial charge in [0.2, 0.25) is 17.7 Å². The van der Waals surface area contributed by atoms with Gasteiger partial charge in [0.1, 0.15) is 18.1 Å². The molecule has 0 spiro atoms. The Bertz CT molecular complexity index is 801. The number of nitrogens with one attached hydrogen (secondary N) is 3. The molecular weight excluding hydrogens is 478 g/mol. The maximum Gasteiger partial charge on any atom is 0.326 e. The number of aliphatic hydroxyl groups is 1. The van der Waals surface area contributed by atoms with Gasteiger partial charge in [-0.25, -0.2) is 4.79 Å². The lowest BCUT2D eigenvalue weighted by Gasteiger charge is -2.29. The molecule has 0 aromatic rings. The second-order valence-electron chi connectivity index (χ2n) is 8.49. The van der Waals surface area contributed by atoms with Crippen LogP contribution in [-0.2, 0) is 24.0 Å². The van der Waals surface area contributed by atoms with Crippen molar-refractivity contribution in [2.45, 2.75) is 83.1 Å². The number of nitrogens with two attached hydrogens (primary N) is 3. The van der Waals surface area contributed by atoms with Gasteiger partial charge in [0.15, 0.2) is 5.96 Å². The van der Waals surface area contributed by atoms with E-state index < -0.39 is 65.8 Å².